The minimum Gasteiger partial charge on any atom is -0.467 e. The summed E-state index contributed by atoms with van der Waals surface area (Å²) in [5.74, 6) is 1.84. The molecule has 5 heteroatoms. The van der Waals surface area contributed by atoms with Gasteiger partial charge in [-0.1, -0.05) is 6.07 Å². The number of hydrogen-bond donors (Lipinski definition) is 0. The number of aromatic nitrogens is 2. The summed E-state index contributed by atoms with van der Waals surface area (Å²) in [7, 11) is 0. The third-order valence-electron chi connectivity index (χ3n) is 3.38. The van der Waals surface area contributed by atoms with Crippen LogP contribution in [0.4, 0.5) is 0 Å². The minimum absolute atomic E-state index is 0.0299. The summed E-state index contributed by atoms with van der Waals surface area (Å²) in [4.78, 5) is 4.50. The molecule has 3 aromatic rings. The lowest BCUT2D eigenvalue weighted by Gasteiger charge is -2.14. The lowest BCUT2D eigenvalue weighted by atomic mass is 10.2. The second-order valence-corrected chi connectivity index (χ2v) is 4.78. The van der Waals surface area contributed by atoms with E-state index in [1.54, 1.807) is 12.3 Å². The molecule has 0 spiro atoms. The molecule has 0 aliphatic heterocycles. The molecule has 0 bridgehead atoms. The molecule has 0 fully saturated rings. The van der Waals surface area contributed by atoms with Gasteiger partial charge in [0.2, 0.25) is 0 Å². The van der Waals surface area contributed by atoms with Gasteiger partial charge in [0.05, 0.1) is 29.3 Å². The maximum absolute atomic E-state index is 9.18. The van der Waals surface area contributed by atoms with Crippen molar-refractivity contribution in [3.8, 4) is 6.07 Å². The predicted molar refractivity (Wildman–Crippen MR) is 76.5 cm³/mol. The fourth-order valence-electron chi connectivity index (χ4n) is 2.44. The summed E-state index contributed by atoms with van der Waals surface area (Å²) in [5, 5.41) is 9.18. The number of hydrogen-bond acceptors (Lipinski definition) is 3. The molecule has 0 aliphatic rings. The van der Waals surface area contributed by atoms with Crippen LogP contribution in [0.2, 0.25) is 0 Å². The summed E-state index contributed by atoms with van der Waals surface area (Å²) in [6, 6.07) is 11.5. The molecule has 0 amide bonds. The number of furan rings is 1. The summed E-state index contributed by atoms with van der Waals surface area (Å²) >= 11 is 6.01. The Morgan fingerprint density at radius 3 is 2.90 bits per heavy atom. The largest absolute Gasteiger partial charge is 0.467 e. The van der Waals surface area contributed by atoms with Gasteiger partial charge >= 0.3 is 0 Å². The second-order valence-electron chi connectivity index (χ2n) is 4.51. The number of imidazole rings is 1. The molecule has 4 nitrogen and oxygen atoms in total. The Morgan fingerprint density at radius 2 is 2.25 bits per heavy atom. The van der Waals surface area contributed by atoms with E-state index in [9.17, 15) is 5.26 Å². The fraction of sp³-hybridized carbons (Fsp3) is 0.200. The Morgan fingerprint density at radius 1 is 1.40 bits per heavy atom. The van der Waals surface area contributed by atoms with Crippen LogP contribution in [-0.4, -0.2) is 9.55 Å². The molecule has 3 rings (SSSR count). The Kier molecular flexibility index (Phi) is 3.21. The molecule has 1 unspecified atom stereocenters. The lowest BCUT2D eigenvalue weighted by molar-refractivity contribution is 0.446. The van der Waals surface area contributed by atoms with Crippen LogP contribution in [-0.2, 0) is 5.88 Å². The minimum atomic E-state index is -0.0299. The molecule has 1 aromatic carbocycles. The zero-order valence-electron chi connectivity index (χ0n) is 10.9. The van der Waals surface area contributed by atoms with Crippen molar-refractivity contribution < 1.29 is 4.42 Å². The molecule has 0 saturated carbocycles. The number of nitrogens with zero attached hydrogens (tertiary/aromatic N) is 3. The highest BCUT2D eigenvalue weighted by Crippen LogP contribution is 2.28. The first-order chi connectivity index (χ1) is 9.76. The first-order valence-electron chi connectivity index (χ1n) is 6.25. The van der Waals surface area contributed by atoms with Crippen LogP contribution in [0.15, 0.2) is 41.0 Å². The molecular formula is C15H12ClN3O. The highest BCUT2D eigenvalue weighted by molar-refractivity contribution is 6.16. The van der Waals surface area contributed by atoms with Gasteiger partial charge in [0.25, 0.3) is 0 Å². The maximum atomic E-state index is 9.18. The number of alkyl halides is 1. The van der Waals surface area contributed by atoms with Gasteiger partial charge in [0.15, 0.2) is 0 Å². The van der Waals surface area contributed by atoms with Crippen molar-refractivity contribution in [1.82, 2.24) is 9.55 Å². The summed E-state index contributed by atoms with van der Waals surface area (Å²) in [5.41, 5.74) is 2.13. The van der Waals surface area contributed by atoms with Crippen molar-refractivity contribution in [1.29, 1.82) is 5.26 Å². The zero-order chi connectivity index (χ0) is 14.1. The summed E-state index contributed by atoms with van der Waals surface area (Å²) in [6.45, 7) is 2.02. The Bertz CT molecular complexity index is 783. The van der Waals surface area contributed by atoms with E-state index in [4.69, 9.17) is 16.0 Å². The lowest BCUT2D eigenvalue weighted by Crippen LogP contribution is -2.09. The standard InChI is InChI=1S/C15H12ClN3O/c1-10(13-6-3-7-20-13)19-12-5-2-4-11(9-17)15(12)18-14(19)8-16/h2-7,10H,8H2,1H3. The van der Waals surface area contributed by atoms with Crippen LogP contribution in [0.5, 0.6) is 0 Å². The summed E-state index contributed by atoms with van der Waals surface area (Å²) in [6.07, 6.45) is 1.64. The highest BCUT2D eigenvalue weighted by atomic mass is 35.5. The number of rotatable bonds is 3. The van der Waals surface area contributed by atoms with Gasteiger partial charge < -0.3 is 8.98 Å². The fourth-order valence-corrected chi connectivity index (χ4v) is 2.63. The van der Waals surface area contributed by atoms with E-state index in [1.165, 1.54) is 0 Å². The average Bonchev–Trinajstić information content (AvgIpc) is 3.12. The molecule has 0 aliphatic carbocycles. The van der Waals surface area contributed by atoms with Crippen molar-refractivity contribution in [2.24, 2.45) is 0 Å². The monoisotopic (exact) mass is 285 g/mol. The van der Waals surface area contributed by atoms with E-state index >= 15 is 0 Å². The van der Waals surface area contributed by atoms with E-state index in [0.29, 0.717) is 11.1 Å². The van der Waals surface area contributed by atoms with E-state index in [1.807, 2.05) is 35.8 Å². The van der Waals surface area contributed by atoms with Crippen LogP contribution in [0.25, 0.3) is 11.0 Å². The van der Waals surface area contributed by atoms with Crippen molar-refractivity contribution in [3.63, 3.8) is 0 Å². The van der Waals surface area contributed by atoms with E-state index in [2.05, 4.69) is 11.1 Å². The van der Waals surface area contributed by atoms with Gasteiger partial charge in [-0.25, -0.2) is 4.98 Å². The molecule has 1 atom stereocenters. The van der Waals surface area contributed by atoms with Gasteiger partial charge in [-0.2, -0.15) is 5.26 Å². The molecule has 2 aromatic heterocycles. The van der Waals surface area contributed by atoms with Crippen molar-refractivity contribution in [2.75, 3.05) is 0 Å². The van der Waals surface area contributed by atoms with E-state index in [0.717, 1.165) is 17.1 Å². The van der Waals surface area contributed by atoms with Crippen molar-refractivity contribution in [2.45, 2.75) is 18.8 Å². The van der Waals surface area contributed by atoms with Crippen LogP contribution < -0.4 is 0 Å². The third-order valence-corrected chi connectivity index (χ3v) is 3.61. The van der Waals surface area contributed by atoms with Gasteiger partial charge in [-0.05, 0) is 31.2 Å². The average molecular weight is 286 g/mol. The van der Waals surface area contributed by atoms with E-state index < -0.39 is 0 Å². The number of benzene rings is 1. The van der Waals surface area contributed by atoms with Crippen molar-refractivity contribution in [3.05, 3.63) is 53.7 Å². The molecule has 0 N–H and O–H groups in total. The van der Waals surface area contributed by atoms with E-state index in [-0.39, 0.29) is 11.9 Å². The molecule has 2 heterocycles. The molecule has 100 valence electrons. The zero-order valence-corrected chi connectivity index (χ0v) is 11.6. The Hall–Kier alpha value is -2.25. The smallest absolute Gasteiger partial charge is 0.126 e. The SMILES string of the molecule is CC(c1ccco1)n1c(CCl)nc2c(C#N)cccc21. The van der Waals surface area contributed by atoms with Crippen LogP contribution in [0.1, 0.15) is 30.1 Å². The maximum Gasteiger partial charge on any atom is 0.126 e. The van der Waals surface area contributed by atoms with Gasteiger partial charge in [0, 0.05) is 0 Å². The van der Waals surface area contributed by atoms with Crippen LogP contribution in [0.3, 0.4) is 0 Å². The van der Waals surface area contributed by atoms with Gasteiger partial charge in [-0.3, -0.25) is 0 Å². The Labute approximate surface area is 121 Å². The Balaban J connectivity index is 2.27. The molecule has 0 saturated heterocycles. The van der Waals surface area contributed by atoms with Gasteiger partial charge in [-0.15, -0.1) is 11.6 Å². The quantitative estimate of drug-likeness (QED) is 0.687. The number of para-hydroxylation sites is 1. The molecule has 0 radical (unpaired) electrons. The van der Waals surface area contributed by atoms with Crippen LogP contribution >= 0.6 is 11.6 Å². The van der Waals surface area contributed by atoms with Crippen LogP contribution in [0, 0.1) is 11.3 Å². The number of halogens is 1. The normalized spacial score (nSPS) is 12.4. The highest BCUT2D eigenvalue weighted by Gasteiger charge is 2.19. The second kappa shape index (κ2) is 5.03. The first kappa shape index (κ1) is 12.8. The van der Waals surface area contributed by atoms with Crippen molar-refractivity contribution >= 4 is 22.6 Å². The number of fused-ring (bicyclic) bond motifs is 1. The topological polar surface area (TPSA) is 54.8 Å². The third kappa shape index (κ3) is 1.87. The predicted octanol–water partition coefficient (Wildman–Crippen LogP) is 3.85. The summed E-state index contributed by atoms with van der Waals surface area (Å²) < 4.78 is 7.48. The first-order valence-corrected chi connectivity index (χ1v) is 6.79. The van der Waals surface area contributed by atoms with Gasteiger partial charge in [0.1, 0.15) is 23.2 Å². The molecular weight excluding hydrogens is 274 g/mol. The molecule has 20 heavy (non-hydrogen) atoms. The number of nitriles is 1.